The predicted octanol–water partition coefficient (Wildman–Crippen LogP) is 3.88. The van der Waals surface area contributed by atoms with Crippen molar-refractivity contribution in [1.82, 2.24) is 24.5 Å². The molecule has 3 aromatic rings. The third kappa shape index (κ3) is 4.66. The molecule has 3 aromatic heterocycles. The van der Waals surface area contributed by atoms with Crippen molar-refractivity contribution < 1.29 is 23.0 Å². The summed E-state index contributed by atoms with van der Waals surface area (Å²) in [5, 5.41) is 18.4. The number of fused-ring (bicyclic) bond motifs is 2. The average Bonchev–Trinajstić information content (AvgIpc) is 3.53. The molecule has 0 bridgehead atoms. The summed E-state index contributed by atoms with van der Waals surface area (Å²) < 4.78 is 51.0. The number of hydrogen-bond donors (Lipinski definition) is 1. The molecule has 7 nitrogen and oxygen atoms in total. The summed E-state index contributed by atoms with van der Waals surface area (Å²) in [6.45, 7) is 4.11. The smallest absolute Gasteiger partial charge is 0.392 e. The van der Waals surface area contributed by atoms with Crippen LogP contribution in [-0.2, 0) is 56.1 Å². The van der Waals surface area contributed by atoms with Gasteiger partial charge < -0.3 is 9.84 Å². The summed E-state index contributed by atoms with van der Waals surface area (Å²) in [6, 6.07) is 2.13. The van der Waals surface area contributed by atoms with Gasteiger partial charge in [-0.2, -0.15) is 23.4 Å². The number of aromatic nitrogens is 4. The summed E-state index contributed by atoms with van der Waals surface area (Å²) in [7, 11) is 1.93. The van der Waals surface area contributed by atoms with Gasteiger partial charge in [0, 0.05) is 73.2 Å². The van der Waals surface area contributed by atoms with E-state index in [1.807, 2.05) is 28.7 Å². The Balaban J connectivity index is 1.27. The van der Waals surface area contributed by atoms with Gasteiger partial charge in [-0.15, -0.1) is 11.3 Å². The first-order valence-corrected chi connectivity index (χ1v) is 12.7. The van der Waals surface area contributed by atoms with E-state index in [1.165, 1.54) is 0 Å². The zero-order valence-corrected chi connectivity index (χ0v) is 20.7. The molecule has 2 aliphatic rings. The van der Waals surface area contributed by atoms with Crippen LogP contribution in [0.4, 0.5) is 13.2 Å². The first-order valence-electron chi connectivity index (χ1n) is 11.9. The van der Waals surface area contributed by atoms with Gasteiger partial charge in [0.2, 0.25) is 0 Å². The van der Waals surface area contributed by atoms with Crippen molar-refractivity contribution in [3.05, 3.63) is 56.8 Å². The number of rotatable bonds is 6. The van der Waals surface area contributed by atoms with Crippen LogP contribution in [0, 0.1) is 0 Å². The summed E-state index contributed by atoms with van der Waals surface area (Å²) >= 11 is 0.767. The molecule has 190 valence electrons. The van der Waals surface area contributed by atoms with E-state index in [1.54, 1.807) is 6.20 Å². The number of aliphatic hydroxyl groups excluding tert-OH is 1. The van der Waals surface area contributed by atoms with Gasteiger partial charge in [0.1, 0.15) is 10.5 Å². The molecular weight excluding hydrogens is 479 g/mol. The van der Waals surface area contributed by atoms with Gasteiger partial charge in [0.05, 0.1) is 19.4 Å². The molecule has 11 heteroatoms. The monoisotopic (exact) mass is 509 g/mol. The molecule has 1 spiro atoms. The SMILES string of the molecule is C[C@H]1C[C@@]2(CCN1Cc1cnn(CCc3ccnn3C)c1)OCCc1c2sc(C(F)(F)F)c1CO. The number of alkyl halides is 3. The molecule has 5 rings (SSSR count). The fraction of sp³-hybridized carbons (Fsp3) is 0.583. The summed E-state index contributed by atoms with van der Waals surface area (Å²) in [5.41, 5.74) is 2.23. The van der Waals surface area contributed by atoms with Gasteiger partial charge in [-0.3, -0.25) is 14.3 Å². The largest absolute Gasteiger partial charge is 0.425 e. The van der Waals surface area contributed by atoms with Gasteiger partial charge >= 0.3 is 6.18 Å². The number of likely N-dealkylation sites (tertiary alicyclic amines) is 1. The molecule has 0 radical (unpaired) electrons. The van der Waals surface area contributed by atoms with Crippen molar-refractivity contribution in [2.24, 2.45) is 7.05 Å². The van der Waals surface area contributed by atoms with Crippen LogP contribution in [0.25, 0.3) is 0 Å². The molecule has 35 heavy (non-hydrogen) atoms. The Morgan fingerprint density at radius 3 is 2.83 bits per heavy atom. The van der Waals surface area contributed by atoms with Crippen molar-refractivity contribution in [3.8, 4) is 0 Å². The number of aliphatic hydroxyl groups is 1. The Morgan fingerprint density at radius 1 is 1.31 bits per heavy atom. The van der Waals surface area contributed by atoms with Crippen LogP contribution in [-0.4, -0.2) is 48.8 Å². The Kier molecular flexibility index (Phi) is 6.54. The maximum Gasteiger partial charge on any atom is 0.425 e. The number of thiophene rings is 1. The highest BCUT2D eigenvalue weighted by Crippen LogP contribution is 2.51. The van der Waals surface area contributed by atoms with Gasteiger partial charge in [-0.1, -0.05) is 0 Å². The quantitative estimate of drug-likeness (QED) is 0.546. The van der Waals surface area contributed by atoms with E-state index >= 15 is 0 Å². The van der Waals surface area contributed by atoms with Gasteiger partial charge in [-0.05, 0) is 37.8 Å². The third-order valence-corrected chi connectivity index (χ3v) is 8.82. The molecule has 0 unspecified atom stereocenters. The highest BCUT2D eigenvalue weighted by Gasteiger charge is 2.48. The van der Waals surface area contributed by atoms with Crippen molar-refractivity contribution >= 4 is 11.3 Å². The maximum atomic E-state index is 13.7. The summed E-state index contributed by atoms with van der Waals surface area (Å²) in [6.07, 6.45) is 3.77. The number of hydrogen-bond acceptors (Lipinski definition) is 6. The number of nitrogens with zero attached hydrogens (tertiary/aromatic N) is 5. The zero-order chi connectivity index (χ0) is 24.8. The maximum absolute atomic E-state index is 13.7. The minimum atomic E-state index is -4.47. The summed E-state index contributed by atoms with van der Waals surface area (Å²) in [4.78, 5) is 2.33. The molecule has 0 saturated carbocycles. The van der Waals surface area contributed by atoms with E-state index in [9.17, 15) is 18.3 Å². The van der Waals surface area contributed by atoms with E-state index in [-0.39, 0.29) is 11.6 Å². The van der Waals surface area contributed by atoms with Crippen LogP contribution in [0.2, 0.25) is 0 Å². The van der Waals surface area contributed by atoms with Crippen molar-refractivity contribution in [2.75, 3.05) is 13.2 Å². The Labute approximate surface area is 206 Å². The minimum Gasteiger partial charge on any atom is -0.392 e. The van der Waals surface area contributed by atoms with E-state index in [4.69, 9.17) is 4.74 Å². The van der Waals surface area contributed by atoms with Crippen molar-refractivity contribution in [2.45, 2.75) is 70.1 Å². The van der Waals surface area contributed by atoms with Crippen LogP contribution >= 0.6 is 11.3 Å². The zero-order valence-electron chi connectivity index (χ0n) is 19.9. The molecular formula is C24H30F3N5O2S. The van der Waals surface area contributed by atoms with Crippen LogP contribution in [0.15, 0.2) is 24.7 Å². The fourth-order valence-corrected chi connectivity index (χ4v) is 6.90. The molecule has 2 aliphatic heterocycles. The molecule has 0 aromatic carbocycles. The lowest BCUT2D eigenvalue weighted by Gasteiger charge is -2.47. The van der Waals surface area contributed by atoms with Crippen LogP contribution in [0.5, 0.6) is 0 Å². The lowest BCUT2D eigenvalue weighted by molar-refractivity contribution is -0.135. The minimum absolute atomic E-state index is 0.0359. The number of aryl methyl sites for hydroxylation is 3. The van der Waals surface area contributed by atoms with Crippen molar-refractivity contribution in [1.29, 1.82) is 0 Å². The van der Waals surface area contributed by atoms with Gasteiger partial charge in [0.15, 0.2) is 0 Å². The molecule has 1 fully saturated rings. The second-order valence-corrected chi connectivity index (χ2v) is 10.6. The third-order valence-electron chi connectivity index (χ3n) is 7.32. The number of ether oxygens (including phenoxy) is 1. The first kappa shape index (κ1) is 24.5. The normalized spacial score (nSPS) is 23.2. The van der Waals surface area contributed by atoms with E-state index < -0.39 is 23.3 Å². The molecule has 0 amide bonds. The number of piperidine rings is 1. The topological polar surface area (TPSA) is 68.3 Å². The second kappa shape index (κ2) is 9.34. The average molecular weight is 510 g/mol. The number of halogens is 3. The predicted molar refractivity (Wildman–Crippen MR) is 125 cm³/mol. The summed E-state index contributed by atoms with van der Waals surface area (Å²) in [5.74, 6) is 0. The Hall–Kier alpha value is -2.21. The van der Waals surface area contributed by atoms with Crippen molar-refractivity contribution in [3.63, 3.8) is 0 Å². The first-order chi connectivity index (χ1) is 16.7. The van der Waals surface area contributed by atoms with Crippen LogP contribution < -0.4 is 0 Å². The van der Waals surface area contributed by atoms with Crippen LogP contribution in [0.3, 0.4) is 0 Å². The standard InChI is InChI=1S/C24H30F3N5O2S/c1-16-11-23(21-19(5-10-34-23)20(15-33)22(35-21)24(25,26)27)6-9-31(16)13-17-12-29-32(14-17)8-4-18-3-7-28-30(18)2/h3,7,12,14,16,33H,4-6,8-11,13,15H2,1-2H3/t16-,23+/m0/s1. The van der Waals surface area contributed by atoms with E-state index in [0.717, 1.165) is 42.1 Å². The van der Waals surface area contributed by atoms with Gasteiger partial charge in [-0.25, -0.2) is 0 Å². The fourth-order valence-electron chi connectivity index (χ4n) is 5.49. The highest BCUT2D eigenvalue weighted by atomic mass is 32.1. The highest BCUT2D eigenvalue weighted by molar-refractivity contribution is 7.12. The molecule has 1 saturated heterocycles. The Bertz CT molecular complexity index is 1190. The lowest BCUT2D eigenvalue weighted by Crippen LogP contribution is -2.50. The van der Waals surface area contributed by atoms with Crippen LogP contribution in [0.1, 0.15) is 51.9 Å². The lowest BCUT2D eigenvalue weighted by atomic mass is 9.81. The van der Waals surface area contributed by atoms with Gasteiger partial charge in [0.25, 0.3) is 0 Å². The van der Waals surface area contributed by atoms with E-state index in [2.05, 4.69) is 28.2 Å². The Morgan fingerprint density at radius 2 is 2.14 bits per heavy atom. The van der Waals surface area contributed by atoms with E-state index in [0.29, 0.717) is 42.9 Å². The molecule has 5 heterocycles. The molecule has 0 aliphatic carbocycles. The molecule has 2 atom stereocenters. The second-order valence-electron chi connectivity index (χ2n) is 9.55. The molecule has 1 N–H and O–H groups in total.